The average molecular weight is 344 g/mol. The highest BCUT2D eigenvalue weighted by Crippen LogP contribution is 2.34. The molecule has 3 aliphatic rings. The van der Waals surface area contributed by atoms with Crippen molar-refractivity contribution >= 4 is 5.91 Å². The molecule has 0 spiro atoms. The molecule has 2 aliphatic heterocycles. The summed E-state index contributed by atoms with van der Waals surface area (Å²) in [5.74, 6) is 0.923. The molecule has 0 aromatic rings. The van der Waals surface area contributed by atoms with Crippen molar-refractivity contribution in [1.82, 2.24) is 21.1 Å². The molecule has 3 fully saturated rings. The Morgan fingerprint density at radius 2 is 1.92 bits per heavy atom. The second kappa shape index (κ2) is 8.06. The number of halogens is 2. The summed E-state index contributed by atoms with van der Waals surface area (Å²) in [5, 5.41) is 8.45. The predicted octanol–water partition coefficient (Wildman–Crippen LogP) is 1.36. The minimum absolute atomic E-state index is 0.00639. The van der Waals surface area contributed by atoms with Crippen molar-refractivity contribution in [1.29, 1.82) is 0 Å². The van der Waals surface area contributed by atoms with Gasteiger partial charge in [-0.1, -0.05) is 0 Å². The van der Waals surface area contributed by atoms with E-state index >= 15 is 0 Å². The van der Waals surface area contributed by atoms with Gasteiger partial charge < -0.3 is 5.32 Å². The number of hydrazine groups is 1. The van der Waals surface area contributed by atoms with E-state index in [1.165, 1.54) is 0 Å². The molecule has 6 unspecified atom stereocenters. The molecule has 7 heteroatoms. The van der Waals surface area contributed by atoms with E-state index < -0.39 is 12.3 Å². The third-order valence-corrected chi connectivity index (χ3v) is 5.77. The minimum atomic E-state index is -1.27. The van der Waals surface area contributed by atoms with E-state index in [4.69, 9.17) is 0 Å². The lowest BCUT2D eigenvalue weighted by Crippen LogP contribution is -2.52. The summed E-state index contributed by atoms with van der Waals surface area (Å²) in [4.78, 5) is 12.2. The number of hydrogen-bond acceptors (Lipinski definition) is 4. The van der Waals surface area contributed by atoms with Gasteiger partial charge in [-0.15, -0.1) is 0 Å². The largest absolute Gasteiger partial charge is 0.340 e. The fraction of sp³-hybridized carbons (Fsp3) is 0.941. The molecule has 0 aromatic carbocycles. The molecule has 24 heavy (non-hydrogen) atoms. The van der Waals surface area contributed by atoms with E-state index in [1.54, 1.807) is 0 Å². The summed E-state index contributed by atoms with van der Waals surface area (Å²) in [6.45, 7) is 2.28. The van der Waals surface area contributed by atoms with Gasteiger partial charge in [0.05, 0.1) is 12.1 Å². The van der Waals surface area contributed by atoms with Crippen LogP contribution in [-0.4, -0.2) is 56.1 Å². The standard InChI is InChI=1S/C17H30F2N4O/c1-23-10-13(9-21-23)17(24)22-16-5-3-12(8-20-16)6-11-2-4-14(18)15(19)7-11/h11-16,20-21H,2-10H2,1H3,(H,22,24). The van der Waals surface area contributed by atoms with Crippen LogP contribution in [0.3, 0.4) is 0 Å². The topological polar surface area (TPSA) is 56.4 Å². The number of rotatable bonds is 4. The summed E-state index contributed by atoms with van der Waals surface area (Å²) in [6.07, 6.45) is 1.97. The molecule has 3 N–H and O–H groups in total. The van der Waals surface area contributed by atoms with E-state index in [-0.39, 0.29) is 18.0 Å². The van der Waals surface area contributed by atoms with Crippen LogP contribution in [0.5, 0.6) is 0 Å². The molecule has 0 radical (unpaired) electrons. The van der Waals surface area contributed by atoms with Crippen molar-refractivity contribution in [3.8, 4) is 0 Å². The second-order valence-corrected chi connectivity index (χ2v) is 7.80. The van der Waals surface area contributed by atoms with Gasteiger partial charge in [-0.2, -0.15) is 0 Å². The number of amides is 1. The lowest BCUT2D eigenvalue weighted by atomic mass is 9.79. The normalized spacial score (nSPS) is 41.3. The maximum Gasteiger partial charge on any atom is 0.227 e. The third-order valence-electron chi connectivity index (χ3n) is 5.77. The van der Waals surface area contributed by atoms with Crippen molar-refractivity contribution in [3.05, 3.63) is 0 Å². The summed E-state index contributed by atoms with van der Waals surface area (Å²) >= 11 is 0. The maximum atomic E-state index is 13.5. The molecule has 1 saturated carbocycles. The molecule has 2 heterocycles. The number of carbonyl (C=O) groups excluding carboxylic acids is 1. The van der Waals surface area contributed by atoms with Gasteiger partial charge in [0.25, 0.3) is 0 Å². The van der Waals surface area contributed by atoms with Crippen LogP contribution in [0, 0.1) is 17.8 Å². The predicted molar refractivity (Wildman–Crippen MR) is 88.5 cm³/mol. The zero-order valence-corrected chi connectivity index (χ0v) is 14.4. The lowest BCUT2D eigenvalue weighted by Gasteiger charge is -2.35. The Morgan fingerprint density at radius 1 is 1.12 bits per heavy atom. The van der Waals surface area contributed by atoms with Gasteiger partial charge in [-0.3, -0.25) is 15.5 Å². The van der Waals surface area contributed by atoms with Gasteiger partial charge in [0.1, 0.15) is 12.3 Å². The quantitative estimate of drug-likeness (QED) is 0.721. The van der Waals surface area contributed by atoms with Crippen LogP contribution >= 0.6 is 0 Å². The number of nitrogens with zero attached hydrogens (tertiary/aromatic N) is 1. The highest BCUT2D eigenvalue weighted by molar-refractivity contribution is 5.79. The van der Waals surface area contributed by atoms with E-state index in [9.17, 15) is 13.6 Å². The van der Waals surface area contributed by atoms with Crippen molar-refractivity contribution in [2.24, 2.45) is 17.8 Å². The van der Waals surface area contributed by atoms with Crippen LogP contribution in [0.25, 0.3) is 0 Å². The molecule has 2 saturated heterocycles. The van der Waals surface area contributed by atoms with E-state index in [0.717, 1.165) is 38.8 Å². The Morgan fingerprint density at radius 3 is 2.54 bits per heavy atom. The van der Waals surface area contributed by atoms with Crippen molar-refractivity contribution in [3.63, 3.8) is 0 Å². The van der Waals surface area contributed by atoms with Crippen molar-refractivity contribution in [2.45, 2.75) is 57.0 Å². The van der Waals surface area contributed by atoms with Crippen LogP contribution < -0.4 is 16.1 Å². The van der Waals surface area contributed by atoms with Gasteiger partial charge in [0, 0.05) is 20.1 Å². The van der Waals surface area contributed by atoms with Crippen molar-refractivity contribution in [2.75, 3.05) is 26.7 Å². The summed E-state index contributed by atoms with van der Waals surface area (Å²) in [5.41, 5.74) is 3.14. The van der Waals surface area contributed by atoms with Crippen molar-refractivity contribution < 1.29 is 13.6 Å². The SMILES string of the molecule is CN1CC(C(=O)NC2CCC(CC3CCC(F)C(F)C3)CN2)CN1. The molecule has 138 valence electrons. The van der Waals surface area contributed by atoms with Crippen LogP contribution in [-0.2, 0) is 4.79 Å². The van der Waals surface area contributed by atoms with Gasteiger partial charge in [0.2, 0.25) is 5.91 Å². The first-order valence-electron chi connectivity index (χ1n) is 9.27. The Bertz CT molecular complexity index is 431. The number of hydrogen-bond donors (Lipinski definition) is 3. The summed E-state index contributed by atoms with van der Waals surface area (Å²) in [6, 6.07) is 0. The Hall–Kier alpha value is -0.790. The number of piperidine rings is 1. The molecular formula is C17H30F2N4O. The van der Waals surface area contributed by atoms with Gasteiger partial charge in [-0.25, -0.2) is 13.8 Å². The van der Waals surface area contributed by atoms with Gasteiger partial charge in [0.15, 0.2) is 0 Å². The number of alkyl halides is 2. The molecular weight excluding hydrogens is 314 g/mol. The minimum Gasteiger partial charge on any atom is -0.340 e. The third kappa shape index (κ3) is 4.64. The Kier molecular flexibility index (Phi) is 6.05. The molecule has 5 nitrogen and oxygen atoms in total. The fourth-order valence-electron chi connectivity index (χ4n) is 4.28. The first-order valence-corrected chi connectivity index (χ1v) is 9.27. The molecule has 6 atom stereocenters. The van der Waals surface area contributed by atoms with Crippen LogP contribution in [0.15, 0.2) is 0 Å². The number of nitrogens with one attached hydrogen (secondary N) is 3. The van der Waals surface area contributed by atoms with Crippen LogP contribution in [0.2, 0.25) is 0 Å². The van der Waals surface area contributed by atoms with Gasteiger partial charge in [-0.05, 0) is 56.9 Å². The fourth-order valence-corrected chi connectivity index (χ4v) is 4.28. The Labute approximate surface area is 142 Å². The second-order valence-electron chi connectivity index (χ2n) is 7.80. The zero-order valence-electron chi connectivity index (χ0n) is 14.4. The monoisotopic (exact) mass is 344 g/mol. The molecule has 1 aliphatic carbocycles. The Balaban J connectivity index is 1.36. The zero-order chi connectivity index (χ0) is 17.1. The first kappa shape index (κ1) is 18.0. The summed E-state index contributed by atoms with van der Waals surface area (Å²) < 4.78 is 26.7. The molecule has 0 aromatic heterocycles. The maximum absolute atomic E-state index is 13.5. The molecule has 0 bridgehead atoms. The molecule has 1 amide bonds. The van der Waals surface area contributed by atoms with Crippen LogP contribution in [0.4, 0.5) is 8.78 Å². The van der Waals surface area contributed by atoms with Crippen LogP contribution in [0.1, 0.15) is 38.5 Å². The average Bonchev–Trinajstić information content (AvgIpc) is 2.99. The van der Waals surface area contributed by atoms with Gasteiger partial charge >= 0.3 is 0 Å². The number of carbonyl (C=O) groups is 1. The highest BCUT2D eigenvalue weighted by Gasteiger charge is 2.33. The highest BCUT2D eigenvalue weighted by atomic mass is 19.2. The smallest absolute Gasteiger partial charge is 0.227 e. The van der Waals surface area contributed by atoms with E-state index in [0.29, 0.717) is 31.2 Å². The molecule has 3 rings (SSSR count). The van der Waals surface area contributed by atoms with E-state index in [1.807, 2.05) is 12.1 Å². The van der Waals surface area contributed by atoms with E-state index in [2.05, 4.69) is 16.1 Å². The summed E-state index contributed by atoms with van der Waals surface area (Å²) in [7, 11) is 1.94. The first-order chi connectivity index (χ1) is 11.5. The lowest BCUT2D eigenvalue weighted by molar-refractivity contribution is -0.125.